The van der Waals surface area contributed by atoms with Crippen molar-refractivity contribution in [1.82, 2.24) is 20.9 Å². The van der Waals surface area contributed by atoms with E-state index in [1.54, 1.807) is 7.05 Å². The Morgan fingerprint density at radius 2 is 1.85 bits per heavy atom. The van der Waals surface area contributed by atoms with Crippen molar-refractivity contribution in [3.05, 3.63) is 35.9 Å². The molecule has 1 atom stereocenters. The van der Waals surface area contributed by atoms with Crippen LogP contribution in [0.1, 0.15) is 39.2 Å². The molecule has 6 heteroatoms. The van der Waals surface area contributed by atoms with Gasteiger partial charge in [0.15, 0.2) is 5.96 Å². The highest BCUT2D eigenvalue weighted by molar-refractivity contribution is 5.86. The van der Waals surface area contributed by atoms with E-state index in [2.05, 4.69) is 58.7 Å². The number of rotatable bonds is 12. The summed E-state index contributed by atoms with van der Waals surface area (Å²) in [4.78, 5) is 18.6. The zero-order valence-electron chi connectivity index (χ0n) is 17.4. The summed E-state index contributed by atoms with van der Waals surface area (Å²) in [5.41, 5.74) is 1.22. The van der Waals surface area contributed by atoms with E-state index in [0.717, 1.165) is 38.9 Å². The summed E-state index contributed by atoms with van der Waals surface area (Å²) in [6, 6.07) is 10.5. The lowest BCUT2D eigenvalue weighted by Crippen LogP contribution is -2.46. The van der Waals surface area contributed by atoms with Crippen LogP contribution in [-0.2, 0) is 11.2 Å². The number of hydrogen-bond donors (Lipinski definition) is 3. The molecular weight excluding hydrogens is 338 g/mol. The van der Waals surface area contributed by atoms with E-state index in [4.69, 9.17) is 0 Å². The number of hydrogen-bond acceptors (Lipinski definition) is 3. The first-order chi connectivity index (χ1) is 13.1. The third-order valence-corrected chi connectivity index (χ3v) is 4.61. The molecule has 0 aliphatic carbocycles. The van der Waals surface area contributed by atoms with Crippen LogP contribution in [0.25, 0.3) is 0 Å². The van der Waals surface area contributed by atoms with E-state index in [-0.39, 0.29) is 12.5 Å². The number of nitrogens with zero attached hydrogens (tertiary/aromatic N) is 2. The van der Waals surface area contributed by atoms with Gasteiger partial charge in [-0.15, -0.1) is 0 Å². The molecule has 0 aliphatic heterocycles. The summed E-state index contributed by atoms with van der Waals surface area (Å²) in [5, 5.41) is 9.37. The third kappa shape index (κ3) is 10.6. The van der Waals surface area contributed by atoms with Crippen LogP contribution in [0.15, 0.2) is 35.3 Å². The lowest BCUT2D eigenvalue weighted by Gasteiger charge is -2.21. The Balaban J connectivity index is 2.19. The Bertz CT molecular complexity index is 543. The van der Waals surface area contributed by atoms with E-state index in [9.17, 15) is 4.79 Å². The fourth-order valence-corrected chi connectivity index (χ4v) is 2.88. The summed E-state index contributed by atoms with van der Waals surface area (Å²) in [5.74, 6) is 0.645. The highest BCUT2D eigenvalue weighted by Gasteiger charge is 2.08. The zero-order chi connectivity index (χ0) is 19.9. The molecule has 1 unspecified atom stereocenters. The van der Waals surface area contributed by atoms with E-state index < -0.39 is 0 Å². The van der Waals surface area contributed by atoms with Gasteiger partial charge in [0.1, 0.15) is 0 Å². The summed E-state index contributed by atoms with van der Waals surface area (Å²) in [7, 11) is 1.73. The molecule has 0 fully saturated rings. The van der Waals surface area contributed by atoms with Crippen LogP contribution in [0.5, 0.6) is 0 Å². The molecular formula is C21H37N5O. The van der Waals surface area contributed by atoms with Crippen molar-refractivity contribution in [1.29, 1.82) is 0 Å². The van der Waals surface area contributed by atoms with Gasteiger partial charge in [-0.2, -0.15) is 0 Å². The number of guanidine groups is 1. The van der Waals surface area contributed by atoms with Gasteiger partial charge in [-0.1, -0.05) is 44.2 Å². The van der Waals surface area contributed by atoms with Crippen molar-refractivity contribution in [3.8, 4) is 0 Å². The second-order valence-electron chi connectivity index (χ2n) is 6.73. The average Bonchev–Trinajstić information content (AvgIpc) is 2.69. The van der Waals surface area contributed by atoms with Gasteiger partial charge in [0.25, 0.3) is 0 Å². The Labute approximate surface area is 164 Å². The van der Waals surface area contributed by atoms with Gasteiger partial charge in [-0.25, -0.2) is 0 Å². The minimum atomic E-state index is -0.0249. The molecule has 0 saturated heterocycles. The van der Waals surface area contributed by atoms with Crippen LogP contribution in [0.4, 0.5) is 0 Å². The molecule has 0 spiro atoms. The molecule has 1 aromatic carbocycles. The smallest absolute Gasteiger partial charge is 0.239 e. The van der Waals surface area contributed by atoms with Crippen molar-refractivity contribution in [3.63, 3.8) is 0 Å². The molecule has 27 heavy (non-hydrogen) atoms. The normalized spacial score (nSPS) is 12.7. The third-order valence-electron chi connectivity index (χ3n) is 4.61. The van der Waals surface area contributed by atoms with Gasteiger partial charge < -0.3 is 20.9 Å². The van der Waals surface area contributed by atoms with Crippen LogP contribution < -0.4 is 16.0 Å². The molecule has 3 N–H and O–H groups in total. The topological polar surface area (TPSA) is 68.8 Å². The lowest BCUT2D eigenvalue weighted by atomic mass is 10.1. The van der Waals surface area contributed by atoms with E-state index in [1.807, 2.05) is 18.2 Å². The molecule has 0 aliphatic rings. The molecule has 0 aromatic heterocycles. The highest BCUT2D eigenvalue weighted by Crippen LogP contribution is 2.00. The van der Waals surface area contributed by atoms with Crippen molar-refractivity contribution in [2.45, 2.75) is 46.1 Å². The molecule has 1 amide bonds. The monoisotopic (exact) mass is 375 g/mol. The minimum absolute atomic E-state index is 0.0249. The van der Waals surface area contributed by atoms with Crippen LogP contribution in [-0.4, -0.2) is 62.6 Å². The summed E-state index contributed by atoms with van der Waals surface area (Å²) < 4.78 is 0. The van der Waals surface area contributed by atoms with Crippen LogP contribution in [0, 0.1) is 0 Å². The number of benzene rings is 1. The number of aliphatic imine (C=N–C) groups is 1. The maximum atomic E-state index is 12.0. The Morgan fingerprint density at radius 1 is 1.15 bits per heavy atom. The largest absolute Gasteiger partial charge is 0.354 e. The van der Waals surface area contributed by atoms with Gasteiger partial charge >= 0.3 is 0 Å². The summed E-state index contributed by atoms with van der Waals surface area (Å²) in [6.45, 7) is 10.7. The van der Waals surface area contributed by atoms with E-state index in [1.165, 1.54) is 5.56 Å². The molecule has 0 radical (unpaired) electrons. The molecule has 152 valence electrons. The van der Waals surface area contributed by atoms with Gasteiger partial charge in [-0.3, -0.25) is 9.79 Å². The van der Waals surface area contributed by atoms with Crippen molar-refractivity contribution in [2.75, 3.05) is 39.8 Å². The van der Waals surface area contributed by atoms with Gasteiger partial charge in [0.2, 0.25) is 5.91 Å². The molecule has 0 heterocycles. The zero-order valence-corrected chi connectivity index (χ0v) is 17.4. The first-order valence-electron chi connectivity index (χ1n) is 10.1. The lowest BCUT2D eigenvalue weighted by molar-refractivity contribution is -0.119. The predicted octanol–water partition coefficient (Wildman–Crippen LogP) is 2.02. The Morgan fingerprint density at radius 3 is 2.48 bits per heavy atom. The highest BCUT2D eigenvalue weighted by atomic mass is 16.1. The van der Waals surface area contributed by atoms with Crippen molar-refractivity contribution >= 4 is 11.9 Å². The Hall–Kier alpha value is -2.08. The van der Waals surface area contributed by atoms with Crippen LogP contribution >= 0.6 is 0 Å². The van der Waals surface area contributed by atoms with Crippen molar-refractivity contribution in [2.24, 2.45) is 4.99 Å². The van der Waals surface area contributed by atoms with Crippen LogP contribution in [0.3, 0.4) is 0 Å². The SMILES string of the molecule is CCN(CC)CCCC(C)NC(=NC)NCC(=O)NCCc1ccccc1. The fraction of sp³-hybridized carbons (Fsp3) is 0.619. The second kappa shape index (κ2) is 14.0. The van der Waals surface area contributed by atoms with Gasteiger partial charge in [0, 0.05) is 19.6 Å². The number of carbonyl (C=O) groups is 1. The van der Waals surface area contributed by atoms with Gasteiger partial charge in [-0.05, 0) is 51.4 Å². The average molecular weight is 376 g/mol. The number of carbonyl (C=O) groups excluding carboxylic acids is 1. The first-order valence-corrected chi connectivity index (χ1v) is 10.1. The minimum Gasteiger partial charge on any atom is -0.354 e. The second-order valence-corrected chi connectivity index (χ2v) is 6.73. The summed E-state index contributed by atoms with van der Waals surface area (Å²) in [6.07, 6.45) is 3.05. The number of amides is 1. The first kappa shape index (κ1) is 23.0. The van der Waals surface area contributed by atoms with Gasteiger partial charge in [0.05, 0.1) is 6.54 Å². The molecule has 0 saturated carbocycles. The molecule has 1 rings (SSSR count). The molecule has 0 bridgehead atoms. The molecule has 1 aromatic rings. The summed E-state index contributed by atoms with van der Waals surface area (Å²) >= 11 is 0. The van der Waals surface area contributed by atoms with E-state index >= 15 is 0 Å². The standard InChI is InChI=1S/C21H37N5O/c1-5-26(6-2)16-10-11-18(3)25-21(22-4)24-17-20(27)23-15-14-19-12-8-7-9-13-19/h7-9,12-13,18H,5-6,10-11,14-17H2,1-4H3,(H,23,27)(H2,22,24,25). The van der Waals surface area contributed by atoms with Crippen LogP contribution in [0.2, 0.25) is 0 Å². The predicted molar refractivity (Wildman–Crippen MR) is 114 cm³/mol. The maximum Gasteiger partial charge on any atom is 0.239 e. The Kier molecular flexibility index (Phi) is 11.9. The van der Waals surface area contributed by atoms with Crippen molar-refractivity contribution < 1.29 is 4.79 Å². The molecule has 6 nitrogen and oxygen atoms in total. The number of nitrogens with one attached hydrogen (secondary N) is 3. The maximum absolute atomic E-state index is 12.0. The quantitative estimate of drug-likeness (QED) is 0.386. The van der Waals surface area contributed by atoms with E-state index in [0.29, 0.717) is 18.5 Å². The fourth-order valence-electron chi connectivity index (χ4n) is 2.88.